The molecular formula is C23H26N2O4S. The molecule has 1 aromatic heterocycles. The Morgan fingerprint density at radius 1 is 1.07 bits per heavy atom. The highest BCUT2D eigenvalue weighted by atomic mass is 32.1. The van der Waals surface area contributed by atoms with Gasteiger partial charge in [-0.1, -0.05) is 19.1 Å². The van der Waals surface area contributed by atoms with E-state index in [1.54, 1.807) is 16.2 Å². The molecule has 0 unspecified atom stereocenters. The molecule has 2 aliphatic heterocycles. The summed E-state index contributed by atoms with van der Waals surface area (Å²) in [6.45, 7) is 4.63. The number of carbonyl (C=O) groups is 2. The van der Waals surface area contributed by atoms with E-state index in [1.165, 1.54) is 16.9 Å². The average molecular weight is 427 g/mol. The predicted molar refractivity (Wildman–Crippen MR) is 114 cm³/mol. The average Bonchev–Trinajstić information content (AvgIpc) is 3.21. The number of ether oxygens (including phenoxy) is 2. The highest BCUT2D eigenvalue weighted by Gasteiger charge is 2.34. The largest absolute Gasteiger partial charge is 0.485 e. The minimum atomic E-state index is -0.631. The summed E-state index contributed by atoms with van der Waals surface area (Å²) in [7, 11) is 0. The molecule has 3 heterocycles. The summed E-state index contributed by atoms with van der Waals surface area (Å²) in [6.07, 6.45) is 2.74. The zero-order chi connectivity index (χ0) is 20.7. The molecule has 0 spiro atoms. The van der Waals surface area contributed by atoms with Crippen molar-refractivity contribution in [1.29, 1.82) is 0 Å². The van der Waals surface area contributed by atoms with Crippen LogP contribution in [0.5, 0.6) is 11.5 Å². The monoisotopic (exact) mass is 426 g/mol. The number of thiophene rings is 1. The van der Waals surface area contributed by atoms with E-state index >= 15 is 0 Å². The second-order valence-corrected chi connectivity index (χ2v) is 9.53. The van der Waals surface area contributed by atoms with Crippen molar-refractivity contribution in [2.24, 2.45) is 5.92 Å². The van der Waals surface area contributed by atoms with E-state index in [-0.39, 0.29) is 18.4 Å². The van der Waals surface area contributed by atoms with Gasteiger partial charge in [0.15, 0.2) is 11.5 Å². The van der Waals surface area contributed by atoms with Crippen LogP contribution in [0.3, 0.4) is 0 Å². The van der Waals surface area contributed by atoms with Gasteiger partial charge in [-0.05, 0) is 48.9 Å². The Bertz CT molecular complexity index is 964. The van der Waals surface area contributed by atoms with Gasteiger partial charge in [0.1, 0.15) is 6.61 Å². The first kappa shape index (κ1) is 19.4. The standard InChI is InChI=1S/C23H26N2O4S/c1-15-6-7-20-16(12-15)13-21(30-20)23(27)25-10-8-24(9-11-25)22(26)19-14-28-17-4-2-3-5-18(17)29-19/h2-5,13,15,19H,6-12,14H2,1H3/t15-,19+/m1/s1. The first-order valence-corrected chi connectivity index (χ1v) is 11.5. The zero-order valence-electron chi connectivity index (χ0n) is 17.1. The first-order chi connectivity index (χ1) is 14.6. The van der Waals surface area contributed by atoms with Gasteiger partial charge in [-0.15, -0.1) is 11.3 Å². The first-order valence-electron chi connectivity index (χ1n) is 10.7. The summed E-state index contributed by atoms with van der Waals surface area (Å²) < 4.78 is 11.5. The molecule has 158 valence electrons. The number of nitrogens with zero attached hydrogens (tertiary/aromatic N) is 2. The fourth-order valence-corrected chi connectivity index (χ4v) is 5.62. The topological polar surface area (TPSA) is 59.1 Å². The maximum absolute atomic E-state index is 13.0. The molecule has 0 radical (unpaired) electrons. The van der Waals surface area contributed by atoms with E-state index in [9.17, 15) is 9.59 Å². The lowest BCUT2D eigenvalue weighted by molar-refractivity contribution is -0.142. The molecule has 30 heavy (non-hydrogen) atoms. The molecule has 6 nitrogen and oxygen atoms in total. The Morgan fingerprint density at radius 3 is 2.60 bits per heavy atom. The van der Waals surface area contributed by atoms with E-state index in [0.717, 1.165) is 17.7 Å². The van der Waals surface area contributed by atoms with Crippen molar-refractivity contribution in [3.8, 4) is 11.5 Å². The van der Waals surface area contributed by atoms with Gasteiger partial charge in [0, 0.05) is 31.1 Å². The maximum Gasteiger partial charge on any atom is 0.267 e. The molecule has 2 atom stereocenters. The van der Waals surface area contributed by atoms with Crippen LogP contribution in [0.4, 0.5) is 0 Å². The number of hydrogen-bond acceptors (Lipinski definition) is 5. The molecule has 1 aliphatic carbocycles. The molecule has 1 saturated heterocycles. The fraction of sp³-hybridized carbons (Fsp3) is 0.478. The summed E-state index contributed by atoms with van der Waals surface area (Å²) in [6, 6.07) is 9.49. The molecule has 1 fully saturated rings. The third-order valence-electron chi connectivity index (χ3n) is 6.20. The van der Waals surface area contributed by atoms with Crippen LogP contribution >= 0.6 is 11.3 Å². The highest BCUT2D eigenvalue weighted by molar-refractivity contribution is 7.14. The number of amides is 2. The number of fused-ring (bicyclic) bond motifs is 2. The van der Waals surface area contributed by atoms with Crippen molar-refractivity contribution in [3.05, 3.63) is 45.6 Å². The van der Waals surface area contributed by atoms with Crippen LogP contribution in [0, 0.1) is 5.92 Å². The van der Waals surface area contributed by atoms with Crippen LogP contribution in [-0.2, 0) is 17.6 Å². The number of rotatable bonds is 2. The molecular weight excluding hydrogens is 400 g/mol. The Kier molecular flexibility index (Phi) is 5.15. The summed E-state index contributed by atoms with van der Waals surface area (Å²) in [5.41, 5.74) is 1.35. The third kappa shape index (κ3) is 3.67. The minimum absolute atomic E-state index is 0.0721. The summed E-state index contributed by atoms with van der Waals surface area (Å²) in [5.74, 6) is 2.00. The summed E-state index contributed by atoms with van der Waals surface area (Å²) >= 11 is 1.65. The van der Waals surface area contributed by atoms with Crippen molar-refractivity contribution >= 4 is 23.2 Å². The smallest absolute Gasteiger partial charge is 0.267 e. The van der Waals surface area contributed by atoms with Crippen LogP contribution in [-0.4, -0.2) is 60.5 Å². The SMILES string of the molecule is C[C@@H]1CCc2sc(C(=O)N3CCN(C(=O)[C@@H]4COc5ccccc5O4)CC3)cc2C1. The van der Waals surface area contributed by atoms with Gasteiger partial charge in [0.05, 0.1) is 4.88 Å². The van der Waals surface area contributed by atoms with Crippen LogP contribution in [0.25, 0.3) is 0 Å². The second kappa shape index (κ2) is 7.95. The van der Waals surface area contributed by atoms with Gasteiger partial charge in [0.25, 0.3) is 11.8 Å². The van der Waals surface area contributed by atoms with Crippen LogP contribution in [0.2, 0.25) is 0 Å². The van der Waals surface area contributed by atoms with E-state index in [0.29, 0.717) is 43.6 Å². The second-order valence-electron chi connectivity index (χ2n) is 8.39. The van der Waals surface area contributed by atoms with Crippen molar-refractivity contribution in [2.75, 3.05) is 32.8 Å². The number of benzene rings is 1. The molecule has 1 aromatic carbocycles. The lowest BCUT2D eigenvalue weighted by atomic mass is 9.90. The zero-order valence-corrected chi connectivity index (χ0v) is 18.0. The van der Waals surface area contributed by atoms with Gasteiger partial charge >= 0.3 is 0 Å². The normalized spacial score (nSPS) is 23.1. The van der Waals surface area contributed by atoms with Crippen LogP contribution < -0.4 is 9.47 Å². The van der Waals surface area contributed by atoms with Crippen molar-refractivity contribution in [1.82, 2.24) is 9.80 Å². The van der Waals surface area contributed by atoms with Crippen LogP contribution in [0.1, 0.15) is 33.5 Å². The van der Waals surface area contributed by atoms with E-state index < -0.39 is 6.10 Å². The van der Waals surface area contributed by atoms with E-state index in [1.807, 2.05) is 29.2 Å². The lowest BCUT2D eigenvalue weighted by Crippen LogP contribution is -2.55. The predicted octanol–water partition coefficient (Wildman–Crippen LogP) is 3.00. The molecule has 0 N–H and O–H groups in total. The molecule has 5 rings (SSSR count). The molecule has 7 heteroatoms. The fourth-order valence-electron chi connectivity index (χ4n) is 4.44. The molecule has 2 amide bonds. The van der Waals surface area contributed by atoms with Gasteiger partial charge in [-0.25, -0.2) is 0 Å². The third-order valence-corrected chi connectivity index (χ3v) is 7.43. The maximum atomic E-state index is 13.0. The quantitative estimate of drug-likeness (QED) is 0.741. The Balaban J connectivity index is 1.18. The highest BCUT2D eigenvalue weighted by Crippen LogP contribution is 2.33. The molecule has 0 saturated carbocycles. The number of carbonyl (C=O) groups excluding carboxylic acids is 2. The van der Waals surface area contributed by atoms with E-state index in [2.05, 4.69) is 13.0 Å². The van der Waals surface area contributed by atoms with Crippen molar-refractivity contribution < 1.29 is 19.1 Å². The lowest BCUT2D eigenvalue weighted by Gasteiger charge is -2.37. The Hall–Kier alpha value is -2.54. The number of para-hydroxylation sites is 2. The number of piperazine rings is 1. The molecule has 3 aliphatic rings. The van der Waals surface area contributed by atoms with Crippen molar-refractivity contribution in [3.63, 3.8) is 0 Å². The van der Waals surface area contributed by atoms with Gasteiger partial charge < -0.3 is 19.3 Å². The molecule has 2 aromatic rings. The number of aryl methyl sites for hydroxylation is 1. The van der Waals surface area contributed by atoms with Gasteiger partial charge in [-0.3, -0.25) is 9.59 Å². The van der Waals surface area contributed by atoms with Crippen LogP contribution in [0.15, 0.2) is 30.3 Å². The van der Waals surface area contributed by atoms with E-state index in [4.69, 9.17) is 9.47 Å². The minimum Gasteiger partial charge on any atom is -0.485 e. The van der Waals surface area contributed by atoms with Gasteiger partial charge in [-0.2, -0.15) is 0 Å². The molecule has 0 bridgehead atoms. The summed E-state index contributed by atoms with van der Waals surface area (Å²) in [4.78, 5) is 31.8. The number of hydrogen-bond donors (Lipinski definition) is 0. The summed E-state index contributed by atoms with van der Waals surface area (Å²) in [5, 5.41) is 0. The van der Waals surface area contributed by atoms with Crippen molar-refractivity contribution in [2.45, 2.75) is 32.3 Å². The Labute approximate surface area is 180 Å². The van der Waals surface area contributed by atoms with Gasteiger partial charge in [0.2, 0.25) is 6.10 Å². The Morgan fingerprint density at radius 2 is 1.80 bits per heavy atom.